The molecular weight excluding hydrogens is 769 g/mol. The summed E-state index contributed by atoms with van der Waals surface area (Å²) in [5.41, 5.74) is -7.13. The van der Waals surface area contributed by atoms with Crippen LogP contribution < -0.4 is 0 Å². The third kappa shape index (κ3) is 4.48. The maximum absolute atomic E-state index is 16.3. The number of benzene rings is 6. The topological polar surface area (TPSA) is 34.1 Å². The third-order valence-corrected chi connectivity index (χ3v) is 11.5. The molecule has 0 heterocycles. The van der Waals surface area contributed by atoms with Crippen LogP contribution in [0.1, 0.15) is 72.1 Å². The van der Waals surface area contributed by atoms with E-state index in [4.69, 9.17) is 0 Å². The number of Topliss-reactive ketones (excluding diaryl/α,β-unsaturated/α-hetero) is 2. The molecule has 0 aromatic heterocycles. The van der Waals surface area contributed by atoms with Crippen molar-refractivity contribution in [3.8, 4) is 55.6 Å². The molecule has 0 saturated heterocycles. The zero-order valence-electron chi connectivity index (χ0n) is 28.7. The van der Waals surface area contributed by atoms with Crippen LogP contribution in [0.5, 0.6) is 0 Å². The zero-order chi connectivity index (χ0) is 40.5. The Hall–Kier alpha value is -6.11. The Bertz CT molecular complexity index is 2900. The summed E-state index contributed by atoms with van der Waals surface area (Å²) in [6.07, 6.45) is -5.33. The Balaban J connectivity index is 1.02. The summed E-state index contributed by atoms with van der Waals surface area (Å²) in [6, 6.07) is 16.9. The quantitative estimate of drug-likeness (QED) is 0.132. The molecule has 6 aromatic carbocycles. The van der Waals surface area contributed by atoms with E-state index < -0.39 is 91.5 Å². The average Bonchev–Trinajstić information content (AvgIpc) is 3.71. The van der Waals surface area contributed by atoms with Crippen LogP contribution in [0, 0.1) is 0 Å². The zero-order valence-corrected chi connectivity index (χ0v) is 28.7. The highest BCUT2D eigenvalue weighted by atomic mass is 19.4. The lowest BCUT2D eigenvalue weighted by Crippen LogP contribution is -2.23. The number of hydrogen-bond acceptors (Lipinski definition) is 2. The first kappa shape index (κ1) is 35.3. The number of halogens is 11. The van der Waals surface area contributed by atoms with Gasteiger partial charge >= 0.3 is 6.18 Å². The summed E-state index contributed by atoms with van der Waals surface area (Å²) in [7, 11) is 0. The molecule has 0 fully saturated rings. The number of hydrogen-bond donors (Lipinski definition) is 0. The highest BCUT2D eigenvalue weighted by Gasteiger charge is 2.53. The minimum Gasteiger partial charge on any atom is -0.295 e. The van der Waals surface area contributed by atoms with Crippen molar-refractivity contribution in [2.45, 2.75) is 36.8 Å². The van der Waals surface area contributed by atoms with Crippen LogP contribution in [-0.2, 0) is 23.7 Å². The molecular formula is C44H19F11O2. The summed E-state index contributed by atoms with van der Waals surface area (Å²) < 4.78 is 167. The van der Waals surface area contributed by atoms with Gasteiger partial charge in [0.15, 0.2) is 5.78 Å². The van der Waals surface area contributed by atoms with Crippen molar-refractivity contribution in [2.24, 2.45) is 0 Å². The molecule has 2 nitrogen and oxygen atoms in total. The molecule has 10 rings (SSSR count). The number of rotatable bonds is 3. The Labute approximate surface area is 314 Å². The van der Waals surface area contributed by atoms with Gasteiger partial charge in [-0.1, -0.05) is 48.5 Å². The molecule has 0 amide bonds. The van der Waals surface area contributed by atoms with E-state index in [0.717, 1.165) is 48.5 Å². The van der Waals surface area contributed by atoms with Crippen molar-refractivity contribution in [1.29, 1.82) is 0 Å². The number of carbonyl (C=O) groups is 2. The van der Waals surface area contributed by atoms with Gasteiger partial charge in [-0.25, -0.2) is 0 Å². The van der Waals surface area contributed by atoms with Gasteiger partial charge < -0.3 is 0 Å². The van der Waals surface area contributed by atoms with Gasteiger partial charge in [-0.15, -0.1) is 0 Å². The molecule has 0 spiro atoms. The Morgan fingerprint density at radius 1 is 0.386 bits per heavy atom. The molecule has 4 aliphatic rings. The standard InChI is InChI=1S/C44H19F11O2/c1-18(56)19-2-6-23-27-14-36-28(15-35(27)40(45,46)31(23)10-19)24-7-3-20(11-32(24)41(36,47)48)21-4-8-25-29-16-38-30(17-37(29)42(49,50)33(25)12-21)26-9-5-22(39(57)44(53,54)55)13-34(26)43(38,51)52/h2-17H,1H3. The van der Waals surface area contributed by atoms with Gasteiger partial charge in [0.2, 0.25) is 0 Å². The van der Waals surface area contributed by atoms with Gasteiger partial charge in [0.05, 0.1) is 0 Å². The first-order valence-electron chi connectivity index (χ1n) is 17.2. The average molecular weight is 789 g/mol. The highest BCUT2D eigenvalue weighted by Crippen LogP contribution is 2.61. The normalized spacial score (nSPS) is 17.5. The summed E-state index contributed by atoms with van der Waals surface area (Å²) in [5.74, 6) is -17.8. The summed E-state index contributed by atoms with van der Waals surface area (Å²) in [6.45, 7) is 1.22. The fourth-order valence-electron chi connectivity index (χ4n) is 8.75. The van der Waals surface area contributed by atoms with Crippen LogP contribution in [0.2, 0.25) is 0 Å². The van der Waals surface area contributed by atoms with Crippen molar-refractivity contribution < 1.29 is 57.9 Å². The minimum atomic E-state index is -5.33. The minimum absolute atomic E-state index is 0.0139. The van der Waals surface area contributed by atoms with Crippen molar-refractivity contribution >= 4 is 11.6 Å². The van der Waals surface area contributed by atoms with Crippen molar-refractivity contribution in [2.75, 3.05) is 0 Å². The summed E-state index contributed by atoms with van der Waals surface area (Å²) >= 11 is 0. The largest absolute Gasteiger partial charge is 0.454 e. The number of alkyl halides is 11. The van der Waals surface area contributed by atoms with Gasteiger partial charge in [0, 0.05) is 55.6 Å². The van der Waals surface area contributed by atoms with Gasteiger partial charge in [-0.2, -0.15) is 48.3 Å². The van der Waals surface area contributed by atoms with Crippen LogP contribution in [-0.4, -0.2) is 17.7 Å². The molecule has 0 atom stereocenters. The molecule has 57 heavy (non-hydrogen) atoms. The predicted molar refractivity (Wildman–Crippen MR) is 186 cm³/mol. The van der Waals surface area contributed by atoms with E-state index in [-0.39, 0.29) is 61.2 Å². The van der Waals surface area contributed by atoms with E-state index in [1.165, 1.54) is 43.3 Å². The first-order chi connectivity index (χ1) is 26.6. The van der Waals surface area contributed by atoms with Gasteiger partial charge in [0.25, 0.3) is 29.5 Å². The van der Waals surface area contributed by atoms with Crippen LogP contribution in [0.25, 0.3) is 55.6 Å². The number of fused-ring (bicyclic) bond motifs is 12. The molecule has 0 radical (unpaired) electrons. The fraction of sp³-hybridized carbons (Fsp3) is 0.136. The molecule has 0 bridgehead atoms. The van der Waals surface area contributed by atoms with Crippen molar-refractivity contribution in [3.63, 3.8) is 0 Å². The molecule has 13 heteroatoms. The second-order valence-electron chi connectivity index (χ2n) is 14.6. The monoisotopic (exact) mass is 788 g/mol. The first-order valence-corrected chi connectivity index (χ1v) is 17.2. The lowest BCUT2D eigenvalue weighted by Gasteiger charge is -2.16. The molecule has 0 N–H and O–H groups in total. The van der Waals surface area contributed by atoms with Crippen LogP contribution in [0.4, 0.5) is 48.3 Å². The van der Waals surface area contributed by atoms with Crippen LogP contribution in [0.3, 0.4) is 0 Å². The maximum atomic E-state index is 16.3. The van der Waals surface area contributed by atoms with Crippen LogP contribution >= 0.6 is 0 Å². The Morgan fingerprint density at radius 3 is 1.00 bits per heavy atom. The van der Waals surface area contributed by atoms with Gasteiger partial charge in [0.1, 0.15) is 0 Å². The van der Waals surface area contributed by atoms with E-state index in [1.807, 2.05) is 0 Å². The molecule has 6 aromatic rings. The smallest absolute Gasteiger partial charge is 0.295 e. The molecule has 284 valence electrons. The number of ketones is 2. The fourth-order valence-corrected chi connectivity index (χ4v) is 8.75. The van der Waals surface area contributed by atoms with Gasteiger partial charge in [-0.3, -0.25) is 9.59 Å². The van der Waals surface area contributed by atoms with E-state index in [2.05, 4.69) is 0 Å². The van der Waals surface area contributed by atoms with Crippen molar-refractivity contribution in [1.82, 2.24) is 0 Å². The Morgan fingerprint density at radius 2 is 0.667 bits per heavy atom. The highest BCUT2D eigenvalue weighted by molar-refractivity contribution is 6.02. The van der Waals surface area contributed by atoms with E-state index in [1.54, 1.807) is 0 Å². The van der Waals surface area contributed by atoms with Gasteiger partial charge in [-0.05, 0) is 111 Å². The molecule has 4 aliphatic carbocycles. The maximum Gasteiger partial charge on any atom is 0.454 e. The van der Waals surface area contributed by atoms with E-state index in [0.29, 0.717) is 12.1 Å². The molecule has 0 aliphatic heterocycles. The molecule has 0 saturated carbocycles. The lowest BCUT2D eigenvalue weighted by molar-refractivity contribution is -0.0885. The number of carbonyl (C=O) groups excluding carboxylic acids is 2. The van der Waals surface area contributed by atoms with E-state index >= 15 is 35.1 Å². The van der Waals surface area contributed by atoms with E-state index in [9.17, 15) is 22.8 Å². The summed E-state index contributed by atoms with van der Waals surface area (Å²) in [5, 5.41) is 0. The lowest BCUT2D eigenvalue weighted by atomic mass is 9.94. The van der Waals surface area contributed by atoms with Crippen LogP contribution in [0.15, 0.2) is 97.1 Å². The molecule has 0 unspecified atom stereocenters. The SMILES string of the molecule is CC(=O)c1ccc2c(c1)C(F)(F)c1cc3c(cc1-2)C(F)(F)c1cc(-c2ccc4c(c2)C(F)(F)c2cc5c(cc2-4)C(F)(F)c2cc(C(=O)C(F)(F)F)ccc2-5)ccc1-3. The second kappa shape index (κ2) is 10.6. The second-order valence-corrected chi connectivity index (χ2v) is 14.6. The summed E-state index contributed by atoms with van der Waals surface area (Å²) in [4.78, 5) is 23.7. The Kier molecular flexibility index (Phi) is 6.59. The van der Waals surface area contributed by atoms with Crippen molar-refractivity contribution in [3.05, 3.63) is 153 Å². The third-order valence-electron chi connectivity index (χ3n) is 11.5. The predicted octanol–water partition coefficient (Wildman–Crippen LogP) is 12.8.